The van der Waals surface area contributed by atoms with Crippen LogP contribution in [0, 0.1) is 11.6 Å². The van der Waals surface area contributed by atoms with Crippen molar-refractivity contribution in [1.82, 2.24) is 0 Å². The van der Waals surface area contributed by atoms with Crippen molar-refractivity contribution in [2.24, 2.45) is 0 Å². The van der Waals surface area contributed by atoms with Gasteiger partial charge >= 0.3 is 23.9 Å². The van der Waals surface area contributed by atoms with E-state index in [-0.39, 0.29) is 34.1 Å². The highest BCUT2D eigenvalue weighted by Crippen LogP contribution is 2.27. The molecule has 0 aliphatic carbocycles. The molecule has 7 aromatic carbocycles. The number of unbranched alkanes of at least 4 members (excludes halogenated alkanes) is 4. The van der Waals surface area contributed by atoms with E-state index in [1.807, 2.05) is 24.3 Å². The molecule has 0 aliphatic rings. The number of carbonyl (C=O) groups is 4. The molecule has 0 aromatic heterocycles. The number of esters is 4. The fraction of sp³-hybridized carbons (Fsp3) is 0.179. The van der Waals surface area contributed by atoms with Crippen LogP contribution in [0.25, 0.3) is 22.3 Å². The number of carbonyl (C=O) groups excluding carboxylic acids is 4. The maximum Gasteiger partial charge on any atom is 0.346 e. The van der Waals surface area contributed by atoms with Gasteiger partial charge in [-0.3, -0.25) is 0 Å². The number of hydrogen-bond donors (Lipinski definition) is 0. The van der Waals surface area contributed by atoms with Gasteiger partial charge in [-0.1, -0.05) is 118 Å². The maximum atomic E-state index is 15.2. The summed E-state index contributed by atoms with van der Waals surface area (Å²) < 4.78 is 51.8. The van der Waals surface area contributed by atoms with Crippen LogP contribution in [0.15, 0.2) is 158 Å². The molecule has 10 heteroatoms. The van der Waals surface area contributed by atoms with Gasteiger partial charge in [-0.2, -0.15) is 0 Å². The lowest BCUT2D eigenvalue weighted by Crippen LogP contribution is -2.13. The summed E-state index contributed by atoms with van der Waals surface area (Å²) in [6.07, 6.45) is 9.11. The molecule has 0 unspecified atom stereocenters. The number of halogens is 2. The van der Waals surface area contributed by atoms with Crippen molar-refractivity contribution in [2.45, 2.75) is 65.2 Å². The monoisotopic (exact) mass is 886 g/mol. The summed E-state index contributed by atoms with van der Waals surface area (Å²) in [5, 5.41) is 0. The third-order valence-electron chi connectivity index (χ3n) is 10.9. The lowest BCUT2D eigenvalue weighted by Gasteiger charge is -2.10. The van der Waals surface area contributed by atoms with E-state index in [0.29, 0.717) is 0 Å². The largest absolute Gasteiger partial charge is 0.423 e. The Bertz CT molecular complexity index is 2610. The fourth-order valence-corrected chi connectivity index (χ4v) is 7.19. The van der Waals surface area contributed by atoms with Crippen molar-refractivity contribution >= 4 is 23.9 Å². The second kappa shape index (κ2) is 22.3. The van der Waals surface area contributed by atoms with Gasteiger partial charge in [0.05, 0.1) is 22.3 Å². The molecule has 0 amide bonds. The van der Waals surface area contributed by atoms with Gasteiger partial charge in [-0.25, -0.2) is 28.0 Å². The first kappa shape index (κ1) is 46.3. The number of aryl methyl sites for hydroxylation is 2. The quantitative estimate of drug-likeness (QED) is 0.0477. The van der Waals surface area contributed by atoms with E-state index in [1.165, 1.54) is 73.2 Å². The summed E-state index contributed by atoms with van der Waals surface area (Å²) >= 11 is 0. The molecule has 0 N–H and O–H groups in total. The average Bonchev–Trinajstić information content (AvgIpc) is 3.32. The van der Waals surface area contributed by atoms with Crippen molar-refractivity contribution in [3.05, 3.63) is 203 Å². The zero-order valence-corrected chi connectivity index (χ0v) is 36.7. The molecule has 0 saturated heterocycles. The predicted octanol–water partition coefficient (Wildman–Crippen LogP) is 13.6. The molecule has 0 atom stereocenters. The third kappa shape index (κ3) is 12.3. The molecule has 0 saturated carbocycles. The molecular formula is C56H48F2O8. The number of benzene rings is 7. The van der Waals surface area contributed by atoms with Gasteiger partial charge in [0.2, 0.25) is 0 Å². The minimum atomic E-state index is -1.08. The zero-order valence-electron chi connectivity index (χ0n) is 36.7. The minimum Gasteiger partial charge on any atom is -0.423 e. The molecule has 0 heterocycles. The first-order valence-corrected chi connectivity index (χ1v) is 22.0. The summed E-state index contributed by atoms with van der Waals surface area (Å²) in [6, 6.07) is 42.3. The average molecular weight is 887 g/mol. The van der Waals surface area contributed by atoms with Crippen LogP contribution in [0.3, 0.4) is 0 Å². The molecule has 0 radical (unpaired) electrons. The summed E-state index contributed by atoms with van der Waals surface area (Å²) in [6.45, 7) is 4.36. The summed E-state index contributed by atoms with van der Waals surface area (Å²) in [7, 11) is 0. The first-order valence-electron chi connectivity index (χ1n) is 22.0. The molecule has 334 valence electrons. The van der Waals surface area contributed by atoms with E-state index < -0.39 is 46.6 Å². The SMILES string of the molecule is CCCCCc1ccc(-c2ccc(C(=O)Oc3ccc(C(=O)Oc4cccc(OC(=O)c5ccc(OC(=O)c6ccc(-c7ccc(CCCCC)cc7)cc6)cc5F)c4)c(F)c3)cc2)cc1. The maximum absolute atomic E-state index is 15.2. The normalized spacial score (nSPS) is 10.8. The number of hydrogen-bond acceptors (Lipinski definition) is 8. The standard InChI is InChI=1S/C56H48F2O8/c1-3-5-7-10-37-14-18-39(19-15-37)41-22-26-43(27-23-41)53(59)63-47-30-32-49(51(57)35-47)55(61)65-45-12-9-13-46(34-45)66-56(62)50-33-31-48(36-52(50)58)64-54(60)44-28-24-42(25-29-44)40-20-16-38(17-21-40)11-8-6-4-2/h9,12-36H,3-8,10-11H2,1-2H3. The van der Waals surface area contributed by atoms with E-state index in [9.17, 15) is 19.2 Å². The van der Waals surface area contributed by atoms with Crippen molar-refractivity contribution < 1.29 is 46.9 Å². The fourth-order valence-electron chi connectivity index (χ4n) is 7.19. The molecule has 66 heavy (non-hydrogen) atoms. The van der Waals surface area contributed by atoms with Crippen molar-refractivity contribution in [3.8, 4) is 45.3 Å². The Balaban J connectivity index is 0.897. The van der Waals surface area contributed by atoms with Crippen LogP contribution in [-0.4, -0.2) is 23.9 Å². The Morgan fingerprint density at radius 3 is 1.06 bits per heavy atom. The van der Waals surface area contributed by atoms with Crippen molar-refractivity contribution in [1.29, 1.82) is 0 Å². The Morgan fingerprint density at radius 1 is 0.379 bits per heavy atom. The molecule has 7 aromatic rings. The highest BCUT2D eigenvalue weighted by atomic mass is 19.1. The second-order valence-corrected chi connectivity index (χ2v) is 15.8. The summed E-state index contributed by atoms with van der Waals surface area (Å²) in [4.78, 5) is 51.7. The Kier molecular flexibility index (Phi) is 15.6. The molecule has 7 rings (SSSR count). The van der Waals surface area contributed by atoms with Crippen LogP contribution in [-0.2, 0) is 12.8 Å². The van der Waals surface area contributed by atoms with Crippen LogP contribution >= 0.6 is 0 Å². The lowest BCUT2D eigenvalue weighted by atomic mass is 10.0. The van der Waals surface area contributed by atoms with Gasteiger partial charge < -0.3 is 18.9 Å². The molecule has 8 nitrogen and oxygen atoms in total. The van der Waals surface area contributed by atoms with Gasteiger partial charge in [-0.15, -0.1) is 0 Å². The van der Waals surface area contributed by atoms with E-state index in [2.05, 4.69) is 62.4 Å². The molecular weight excluding hydrogens is 839 g/mol. The van der Waals surface area contributed by atoms with Crippen LogP contribution < -0.4 is 18.9 Å². The van der Waals surface area contributed by atoms with Gasteiger partial charge in [0.1, 0.15) is 34.6 Å². The predicted molar refractivity (Wildman–Crippen MR) is 249 cm³/mol. The topological polar surface area (TPSA) is 105 Å². The van der Waals surface area contributed by atoms with Crippen molar-refractivity contribution in [3.63, 3.8) is 0 Å². The Labute approximate surface area is 382 Å². The van der Waals surface area contributed by atoms with Crippen LogP contribution in [0.1, 0.15) is 105 Å². The second-order valence-electron chi connectivity index (χ2n) is 15.8. The van der Waals surface area contributed by atoms with Gasteiger partial charge in [0.25, 0.3) is 0 Å². The van der Waals surface area contributed by atoms with E-state index in [0.717, 1.165) is 72.2 Å². The Hall–Kier alpha value is -7.72. The highest BCUT2D eigenvalue weighted by Gasteiger charge is 2.20. The van der Waals surface area contributed by atoms with E-state index in [1.54, 1.807) is 24.3 Å². The van der Waals surface area contributed by atoms with Crippen molar-refractivity contribution in [2.75, 3.05) is 0 Å². The number of ether oxygens (including phenoxy) is 4. The molecule has 0 bridgehead atoms. The number of rotatable bonds is 18. The first-order chi connectivity index (χ1) is 32.1. The van der Waals surface area contributed by atoms with Crippen LogP contribution in [0.4, 0.5) is 8.78 Å². The lowest BCUT2D eigenvalue weighted by molar-refractivity contribution is 0.0720. The minimum absolute atomic E-state index is 0.0990. The molecule has 0 aliphatic heterocycles. The molecule has 0 fully saturated rings. The third-order valence-corrected chi connectivity index (χ3v) is 10.9. The van der Waals surface area contributed by atoms with Gasteiger partial charge in [0, 0.05) is 18.2 Å². The summed E-state index contributed by atoms with van der Waals surface area (Å²) in [5.41, 5.74) is 6.06. The van der Waals surface area contributed by atoms with Gasteiger partial charge in [0.15, 0.2) is 0 Å². The van der Waals surface area contributed by atoms with Crippen LogP contribution in [0.2, 0.25) is 0 Å². The Morgan fingerprint density at radius 2 is 0.712 bits per heavy atom. The molecule has 0 spiro atoms. The highest BCUT2D eigenvalue weighted by molar-refractivity contribution is 5.94. The van der Waals surface area contributed by atoms with Gasteiger partial charge in [-0.05, 0) is 120 Å². The zero-order chi connectivity index (χ0) is 46.4. The smallest absolute Gasteiger partial charge is 0.346 e. The summed E-state index contributed by atoms with van der Waals surface area (Å²) in [5.74, 6) is -6.01. The van der Waals surface area contributed by atoms with Crippen LogP contribution in [0.5, 0.6) is 23.0 Å². The van der Waals surface area contributed by atoms with E-state index in [4.69, 9.17) is 18.9 Å². The van der Waals surface area contributed by atoms with E-state index >= 15 is 8.78 Å².